The second kappa shape index (κ2) is 12.2. The number of para-hydroxylation sites is 2. The normalized spacial score (nSPS) is 12.1. The van der Waals surface area contributed by atoms with Crippen LogP contribution in [0, 0.1) is 6.92 Å². The molecule has 1 aromatic heterocycles. The minimum atomic E-state index is 0.849. The molecule has 8 aromatic carbocycles. The summed E-state index contributed by atoms with van der Waals surface area (Å²) in [5.41, 5.74) is 15.0. The van der Waals surface area contributed by atoms with Gasteiger partial charge in [0.1, 0.15) is 0 Å². The summed E-state index contributed by atoms with van der Waals surface area (Å²) in [6.45, 7) is 2.10. The fourth-order valence-electron chi connectivity index (χ4n) is 7.67. The van der Waals surface area contributed by atoms with E-state index < -0.39 is 0 Å². The molecule has 0 bridgehead atoms. The second-order valence-electron chi connectivity index (χ2n) is 13.5. The van der Waals surface area contributed by atoms with Crippen molar-refractivity contribution in [2.45, 2.75) is 6.92 Å². The fourth-order valence-corrected chi connectivity index (χ4v) is 7.67. The van der Waals surface area contributed by atoms with Crippen LogP contribution in [0.3, 0.4) is 0 Å². The first-order valence-electron chi connectivity index (χ1n) is 17.8. The molecule has 0 saturated heterocycles. The summed E-state index contributed by atoms with van der Waals surface area (Å²) in [5, 5.41) is 2.52. The van der Waals surface area contributed by atoms with Gasteiger partial charge in [-0.15, -0.1) is 0 Å². The number of aryl methyl sites for hydroxylation is 1. The summed E-state index contributed by atoms with van der Waals surface area (Å²) in [7, 11) is 0. The SMILES string of the molecule is Cc1ccc2c(c1)Oc1cc(-c3ccccc3)ccc1N2c1ccc(-c2ccc(-c3ccc4c(c3)c3ccccc3n4-c3ccccc3)cc2)cc1. The monoisotopic (exact) mass is 666 g/mol. The zero-order valence-corrected chi connectivity index (χ0v) is 28.7. The van der Waals surface area contributed by atoms with Crippen molar-refractivity contribution in [2.75, 3.05) is 4.90 Å². The van der Waals surface area contributed by atoms with E-state index in [0.29, 0.717) is 0 Å². The molecular weight excluding hydrogens is 633 g/mol. The van der Waals surface area contributed by atoms with Crippen molar-refractivity contribution in [2.24, 2.45) is 0 Å². The van der Waals surface area contributed by atoms with Crippen molar-refractivity contribution in [1.82, 2.24) is 4.57 Å². The number of benzene rings is 8. The van der Waals surface area contributed by atoms with Crippen molar-refractivity contribution in [3.05, 3.63) is 194 Å². The highest BCUT2D eigenvalue weighted by Gasteiger charge is 2.26. The van der Waals surface area contributed by atoms with E-state index in [9.17, 15) is 0 Å². The summed E-state index contributed by atoms with van der Waals surface area (Å²) < 4.78 is 8.90. The highest BCUT2D eigenvalue weighted by atomic mass is 16.5. The molecule has 0 aliphatic carbocycles. The Bertz CT molecular complexity index is 2750. The minimum Gasteiger partial charge on any atom is -0.453 e. The molecule has 10 rings (SSSR count). The molecule has 0 radical (unpaired) electrons. The maximum absolute atomic E-state index is 6.54. The third-order valence-corrected chi connectivity index (χ3v) is 10.2. The van der Waals surface area contributed by atoms with Gasteiger partial charge in [0.25, 0.3) is 0 Å². The molecule has 1 aliphatic rings. The smallest absolute Gasteiger partial charge is 0.152 e. The van der Waals surface area contributed by atoms with Crippen LogP contribution in [0.2, 0.25) is 0 Å². The Hall–Kier alpha value is -6.84. The highest BCUT2D eigenvalue weighted by Crippen LogP contribution is 2.51. The van der Waals surface area contributed by atoms with Gasteiger partial charge in [-0.1, -0.05) is 121 Å². The molecule has 1 aliphatic heterocycles. The van der Waals surface area contributed by atoms with Gasteiger partial charge in [0, 0.05) is 22.1 Å². The predicted octanol–water partition coefficient (Wildman–Crippen LogP) is 13.7. The molecule has 9 aromatic rings. The maximum Gasteiger partial charge on any atom is 0.152 e. The Morgan fingerprint density at radius 1 is 0.365 bits per heavy atom. The Balaban J connectivity index is 0.972. The standard InChI is InChI=1S/C49H34N2O/c1-33-16-27-46-48(30-33)52-49-32-39(34-10-4-2-5-11-34)24-29-47(49)51(46)41-25-21-36(22-26-41)35-17-19-37(20-18-35)38-23-28-45-43(31-38)42-14-8-9-15-44(42)50(45)40-12-6-3-7-13-40/h2-32H,1H3. The van der Waals surface area contributed by atoms with Gasteiger partial charge in [0.05, 0.1) is 22.4 Å². The quantitative estimate of drug-likeness (QED) is 0.182. The number of aromatic nitrogens is 1. The van der Waals surface area contributed by atoms with Gasteiger partial charge in [-0.2, -0.15) is 0 Å². The van der Waals surface area contributed by atoms with Crippen molar-refractivity contribution >= 4 is 38.9 Å². The first-order valence-corrected chi connectivity index (χ1v) is 17.8. The van der Waals surface area contributed by atoms with Crippen LogP contribution < -0.4 is 9.64 Å². The zero-order chi connectivity index (χ0) is 34.6. The Kier molecular flexibility index (Phi) is 7.04. The summed E-state index contributed by atoms with van der Waals surface area (Å²) >= 11 is 0. The van der Waals surface area contributed by atoms with Crippen LogP contribution in [0.4, 0.5) is 17.1 Å². The average Bonchev–Trinajstić information content (AvgIpc) is 3.54. The summed E-state index contributed by atoms with van der Waals surface area (Å²) in [4.78, 5) is 2.31. The van der Waals surface area contributed by atoms with Crippen molar-refractivity contribution < 1.29 is 4.74 Å². The second-order valence-corrected chi connectivity index (χ2v) is 13.5. The highest BCUT2D eigenvalue weighted by molar-refractivity contribution is 6.10. The predicted molar refractivity (Wildman–Crippen MR) is 217 cm³/mol. The molecule has 0 saturated carbocycles. The lowest BCUT2D eigenvalue weighted by Gasteiger charge is -2.33. The number of hydrogen-bond acceptors (Lipinski definition) is 2. The third-order valence-electron chi connectivity index (χ3n) is 10.2. The lowest BCUT2D eigenvalue weighted by Crippen LogP contribution is -2.16. The fraction of sp³-hybridized carbons (Fsp3) is 0.0204. The maximum atomic E-state index is 6.54. The van der Waals surface area contributed by atoms with E-state index in [-0.39, 0.29) is 0 Å². The van der Waals surface area contributed by atoms with Crippen LogP contribution in [0.15, 0.2) is 188 Å². The number of fused-ring (bicyclic) bond motifs is 5. The Morgan fingerprint density at radius 2 is 0.885 bits per heavy atom. The molecular formula is C49H34N2O. The van der Waals surface area contributed by atoms with E-state index >= 15 is 0 Å². The van der Waals surface area contributed by atoms with Crippen molar-refractivity contribution in [3.8, 4) is 50.6 Å². The van der Waals surface area contributed by atoms with Crippen LogP contribution >= 0.6 is 0 Å². The van der Waals surface area contributed by atoms with Gasteiger partial charge >= 0.3 is 0 Å². The molecule has 3 heteroatoms. The zero-order valence-electron chi connectivity index (χ0n) is 28.7. The summed E-state index contributed by atoms with van der Waals surface area (Å²) in [6, 6.07) is 67.3. The summed E-state index contributed by atoms with van der Waals surface area (Å²) in [5.74, 6) is 1.71. The molecule has 246 valence electrons. The van der Waals surface area contributed by atoms with Gasteiger partial charge in [-0.25, -0.2) is 0 Å². The van der Waals surface area contributed by atoms with Gasteiger partial charge in [0.15, 0.2) is 11.5 Å². The summed E-state index contributed by atoms with van der Waals surface area (Å²) in [6.07, 6.45) is 0. The molecule has 0 N–H and O–H groups in total. The lowest BCUT2D eigenvalue weighted by molar-refractivity contribution is 0.477. The van der Waals surface area contributed by atoms with Crippen LogP contribution in [0.25, 0.3) is 60.9 Å². The third kappa shape index (κ3) is 5.06. The Labute approximate surface area is 303 Å². The average molecular weight is 667 g/mol. The molecule has 2 heterocycles. The molecule has 52 heavy (non-hydrogen) atoms. The number of nitrogens with zero attached hydrogens (tertiary/aromatic N) is 2. The molecule has 0 fully saturated rings. The minimum absolute atomic E-state index is 0.849. The van der Waals surface area contributed by atoms with E-state index in [0.717, 1.165) is 34.1 Å². The first-order chi connectivity index (χ1) is 25.7. The molecule has 0 atom stereocenters. The van der Waals surface area contributed by atoms with Crippen LogP contribution in [-0.2, 0) is 0 Å². The van der Waals surface area contributed by atoms with E-state index in [1.54, 1.807) is 0 Å². The molecule has 3 nitrogen and oxygen atoms in total. The Morgan fingerprint density at radius 3 is 1.63 bits per heavy atom. The van der Waals surface area contributed by atoms with Crippen LogP contribution in [-0.4, -0.2) is 4.57 Å². The van der Waals surface area contributed by atoms with Gasteiger partial charge < -0.3 is 14.2 Å². The van der Waals surface area contributed by atoms with Gasteiger partial charge in [-0.05, 0) is 113 Å². The number of rotatable bonds is 5. The van der Waals surface area contributed by atoms with E-state index in [1.807, 2.05) is 6.07 Å². The van der Waals surface area contributed by atoms with E-state index in [2.05, 4.69) is 198 Å². The number of anilines is 3. The van der Waals surface area contributed by atoms with Gasteiger partial charge in [-0.3, -0.25) is 0 Å². The lowest BCUT2D eigenvalue weighted by atomic mass is 9.98. The van der Waals surface area contributed by atoms with Crippen LogP contribution in [0.5, 0.6) is 11.5 Å². The van der Waals surface area contributed by atoms with Crippen molar-refractivity contribution in [1.29, 1.82) is 0 Å². The van der Waals surface area contributed by atoms with Crippen LogP contribution in [0.1, 0.15) is 5.56 Å². The number of hydrogen-bond donors (Lipinski definition) is 0. The largest absolute Gasteiger partial charge is 0.453 e. The molecule has 0 amide bonds. The first kappa shape index (κ1) is 30.0. The molecule has 0 unspecified atom stereocenters. The van der Waals surface area contributed by atoms with Crippen molar-refractivity contribution in [3.63, 3.8) is 0 Å². The topological polar surface area (TPSA) is 17.4 Å². The van der Waals surface area contributed by atoms with E-state index in [4.69, 9.17) is 4.74 Å². The van der Waals surface area contributed by atoms with E-state index in [1.165, 1.54) is 60.9 Å². The number of ether oxygens (including phenoxy) is 1. The van der Waals surface area contributed by atoms with Gasteiger partial charge in [0.2, 0.25) is 0 Å². The molecule has 0 spiro atoms.